The van der Waals surface area contributed by atoms with E-state index in [9.17, 15) is 18.5 Å². The predicted octanol–water partition coefficient (Wildman–Crippen LogP) is 1.57. The van der Waals surface area contributed by atoms with E-state index in [1.807, 2.05) is 29.1 Å². The van der Waals surface area contributed by atoms with Crippen LogP contribution in [0.3, 0.4) is 0 Å². The molecule has 0 saturated heterocycles. The minimum atomic E-state index is -3.75. The Kier molecular flexibility index (Phi) is 5.43. The van der Waals surface area contributed by atoms with Gasteiger partial charge in [0.2, 0.25) is 10.0 Å². The van der Waals surface area contributed by atoms with Crippen LogP contribution in [0.25, 0.3) is 5.82 Å². The number of nitrogens with zero attached hydrogens (tertiary/aromatic N) is 4. The largest absolute Gasteiger partial charge is 0.369 e. The van der Waals surface area contributed by atoms with Gasteiger partial charge in [0.05, 0.1) is 9.82 Å². The Morgan fingerprint density at radius 2 is 1.78 bits per heavy atom. The lowest BCUT2D eigenvalue weighted by atomic mass is 10.3. The Morgan fingerprint density at radius 3 is 2.44 bits per heavy atom. The second-order valence-corrected chi connectivity index (χ2v) is 7.19. The second kappa shape index (κ2) is 7.93. The van der Waals surface area contributed by atoms with Crippen molar-refractivity contribution in [2.75, 3.05) is 18.4 Å². The van der Waals surface area contributed by atoms with Crippen molar-refractivity contribution in [2.24, 2.45) is 0 Å². The lowest BCUT2D eigenvalue weighted by Gasteiger charge is -2.09. The summed E-state index contributed by atoms with van der Waals surface area (Å²) in [6, 6.07) is 10.2. The highest BCUT2D eigenvalue weighted by molar-refractivity contribution is 7.89. The number of hydrogen-bond donors (Lipinski definition) is 2. The van der Waals surface area contributed by atoms with Crippen molar-refractivity contribution in [3.8, 4) is 5.82 Å². The zero-order valence-corrected chi connectivity index (χ0v) is 14.8. The van der Waals surface area contributed by atoms with E-state index in [-0.39, 0.29) is 17.1 Å². The fraction of sp³-hybridized carbons (Fsp3) is 0.125. The molecular formula is C16H16N6O4S. The molecule has 0 aliphatic rings. The van der Waals surface area contributed by atoms with Crippen molar-refractivity contribution in [1.82, 2.24) is 19.3 Å². The summed E-state index contributed by atoms with van der Waals surface area (Å²) in [6.07, 6.45) is 5.12. The molecule has 3 rings (SSSR count). The Balaban J connectivity index is 1.55. The third kappa shape index (κ3) is 4.65. The number of anilines is 1. The molecule has 140 valence electrons. The van der Waals surface area contributed by atoms with Crippen LogP contribution in [0.2, 0.25) is 0 Å². The highest BCUT2D eigenvalue weighted by Gasteiger charge is 2.15. The molecule has 0 aliphatic carbocycles. The number of benzene rings is 1. The maximum atomic E-state index is 12.2. The summed E-state index contributed by atoms with van der Waals surface area (Å²) in [7, 11) is -3.75. The van der Waals surface area contributed by atoms with Gasteiger partial charge >= 0.3 is 0 Å². The lowest BCUT2D eigenvalue weighted by Crippen LogP contribution is -2.29. The van der Waals surface area contributed by atoms with Gasteiger partial charge in [-0.05, 0) is 24.3 Å². The van der Waals surface area contributed by atoms with Crippen LogP contribution in [0.5, 0.6) is 0 Å². The topological polar surface area (TPSA) is 132 Å². The van der Waals surface area contributed by atoms with Gasteiger partial charge in [-0.15, -0.1) is 0 Å². The van der Waals surface area contributed by atoms with Crippen molar-refractivity contribution in [3.05, 3.63) is 71.3 Å². The van der Waals surface area contributed by atoms with E-state index in [4.69, 9.17) is 0 Å². The third-order valence-corrected chi connectivity index (χ3v) is 5.08. The first-order chi connectivity index (χ1) is 13.0. The van der Waals surface area contributed by atoms with Crippen LogP contribution < -0.4 is 10.0 Å². The summed E-state index contributed by atoms with van der Waals surface area (Å²) in [5.41, 5.74) is -0.169. The number of aromatic nitrogens is 3. The molecule has 0 bridgehead atoms. The average molecular weight is 388 g/mol. The average Bonchev–Trinajstić information content (AvgIpc) is 3.20. The van der Waals surface area contributed by atoms with Crippen LogP contribution in [-0.4, -0.2) is 41.0 Å². The van der Waals surface area contributed by atoms with Gasteiger partial charge in [-0.3, -0.25) is 10.1 Å². The summed E-state index contributed by atoms with van der Waals surface area (Å²) in [6.45, 7) is 0.413. The van der Waals surface area contributed by atoms with E-state index in [0.717, 1.165) is 12.1 Å². The molecule has 0 atom stereocenters. The van der Waals surface area contributed by atoms with Crippen LogP contribution in [0.4, 0.5) is 11.5 Å². The second-order valence-electron chi connectivity index (χ2n) is 5.43. The van der Waals surface area contributed by atoms with E-state index >= 15 is 0 Å². The molecule has 0 unspecified atom stereocenters. The standard InChI is InChI=1S/C16H16N6O4S/c23-22(24)13-3-5-14(6-4-13)27(25,26)20-8-7-17-15-11-16(19-12-18-15)21-9-1-2-10-21/h1-6,9-12,20H,7-8H2,(H,17,18,19). The minimum Gasteiger partial charge on any atom is -0.369 e. The molecule has 1 aromatic carbocycles. The zero-order chi connectivity index (χ0) is 19.3. The first kappa shape index (κ1) is 18.5. The molecule has 3 aromatic rings. The van der Waals surface area contributed by atoms with Crippen molar-refractivity contribution < 1.29 is 13.3 Å². The van der Waals surface area contributed by atoms with Crippen LogP contribution in [-0.2, 0) is 10.0 Å². The quantitative estimate of drug-likeness (QED) is 0.340. The van der Waals surface area contributed by atoms with Gasteiger partial charge in [0.15, 0.2) is 0 Å². The summed E-state index contributed by atoms with van der Waals surface area (Å²) in [5.74, 6) is 1.24. The molecule has 0 radical (unpaired) electrons. The van der Waals surface area contributed by atoms with Gasteiger partial charge in [0.25, 0.3) is 5.69 Å². The van der Waals surface area contributed by atoms with Crippen LogP contribution in [0.15, 0.2) is 66.1 Å². The monoisotopic (exact) mass is 388 g/mol. The first-order valence-electron chi connectivity index (χ1n) is 7.89. The molecule has 2 aromatic heterocycles. The third-order valence-electron chi connectivity index (χ3n) is 3.60. The molecule has 10 nitrogen and oxygen atoms in total. The summed E-state index contributed by atoms with van der Waals surface area (Å²) >= 11 is 0. The first-order valence-corrected chi connectivity index (χ1v) is 9.37. The van der Waals surface area contributed by atoms with Crippen molar-refractivity contribution in [2.45, 2.75) is 4.90 Å². The molecule has 0 spiro atoms. The number of hydrogen-bond acceptors (Lipinski definition) is 7. The minimum absolute atomic E-state index is 0.0370. The molecule has 0 fully saturated rings. The van der Waals surface area contributed by atoms with Crippen LogP contribution >= 0.6 is 0 Å². The van der Waals surface area contributed by atoms with Gasteiger partial charge in [-0.2, -0.15) is 0 Å². The van der Waals surface area contributed by atoms with Gasteiger partial charge in [-0.1, -0.05) is 0 Å². The Labute approximate surface area is 155 Å². The molecule has 2 heterocycles. The van der Waals surface area contributed by atoms with Crippen LogP contribution in [0, 0.1) is 10.1 Å². The fourth-order valence-electron chi connectivity index (χ4n) is 2.28. The van der Waals surface area contributed by atoms with E-state index in [0.29, 0.717) is 18.2 Å². The van der Waals surface area contributed by atoms with E-state index in [2.05, 4.69) is 20.0 Å². The predicted molar refractivity (Wildman–Crippen MR) is 98.1 cm³/mol. The number of rotatable bonds is 8. The Morgan fingerprint density at radius 1 is 1.07 bits per heavy atom. The molecule has 2 N–H and O–H groups in total. The van der Waals surface area contributed by atoms with E-state index < -0.39 is 14.9 Å². The summed E-state index contributed by atoms with van der Waals surface area (Å²) in [4.78, 5) is 18.3. The number of sulfonamides is 1. The Hall–Kier alpha value is -3.31. The summed E-state index contributed by atoms with van der Waals surface area (Å²) < 4.78 is 28.6. The highest BCUT2D eigenvalue weighted by atomic mass is 32.2. The molecule has 27 heavy (non-hydrogen) atoms. The SMILES string of the molecule is O=[N+]([O-])c1ccc(S(=O)(=O)NCCNc2cc(-n3cccc3)ncn2)cc1. The van der Waals surface area contributed by atoms with Crippen molar-refractivity contribution in [1.29, 1.82) is 0 Å². The van der Waals surface area contributed by atoms with E-state index in [1.165, 1.54) is 18.5 Å². The maximum Gasteiger partial charge on any atom is 0.269 e. The molecule has 0 aliphatic heterocycles. The number of nitro groups is 1. The molecule has 11 heteroatoms. The van der Waals surface area contributed by atoms with E-state index in [1.54, 1.807) is 6.07 Å². The highest BCUT2D eigenvalue weighted by Crippen LogP contribution is 2.15. The number of nitro benzene ring substituents is 1. The van der Waals surface area contributed by atoms with Gasteiger partial charge < -0.3 is 9.88 Å². The van der Waals surface area contributed by atoms with Crippen molar-refractivity contribution >= 4 is 21.5 Å². The molecular weight excluding hydrogens is 372 g/mol. The number of nitrogens with one attached hydrogen (secondary N) is 2. The maximum absolute atomic E-state index is 12.2. The summed E-state index contributed by atoms with van der Waals surface area (Å²) in [5, 5.41) is 13.6. The Bertz CT molecular complexity index is 1020. The van der Waals surface area contributed by atoms with Crippen molar-refractivity contribution in [3.63, 3.8) is 0 Å². The lowest BCUT2D eigenvalue weighted by molar-refractivity contribution is -0.384. The van der Waals surface area contributed by atoms with Gasteiger partial charge in [0.1, 0.15) is 18.0 Å². The zero-order valence-electron chi connectivity index (χ0n) is 14.0. The number of non-ortho nitro benzene ring substituents is 1. The molecule has 0 saturated carbocycles. The van der Waals surface area contributed by atoms with Gasteiger partial charge in [-0.25, -0.2) is 23.1 Å². The smallest absolute Gasteiger partial charge is 0.269 e. The van der Waals surface area contributed by atoms with Crippen LogP contribution in [0.1, 0.15) is 0 Å². The van der Waals surface area contributed by atoms with Gasteiger partial charge in [0, 0.05) is 43.7 Å². The molecule has 0 amide bonds. The fourth-order valence-corrected chi connectivity index (χ4v) is 3.31. The normalized spacial score (nSPS) is 11.3.